The van der Waals surface area contributed by atoms with E-state index in [1.807, 2.05) is 27.7 Å². The van der Waals surface area contributed by atoms with Crippen LogP contribution in [0.1, 0.15) is 38.1 Å². The minimum absolute atomic E-state index is 0.000487. The van der Waals surface area contributed by atoms with Crippen LogP contribution in [0.15, 0.2) is 0 Å². The van der Waals surface area contributed by atoms with Crippen LogP contribution >= 0.6 is 0 Å². The summed E-state index contributed by atoms with van der Waals surface area (Å²) in [5.74, 6) is -0.316. The predicted molar refractivity (Wildman–Crippen MR) is 75.3 cm³/mol. The predicted octanol–water partition coefficient (Wildman–Crippen LogP) is 1.58. The lowest BCUT2D eigenvalue weighted by molar-refractivity contribution is -0.150. The molecule has 1 aromatic rings. The van der Waals surface area contributed by atoms with Gasteiger partial charge in [0.1, 0.15) is 13.2 Å². The van der Waals surface area contributed by atoms with Crippen LogP contribution in [0.5, 0.6) is 0 Å². The maximum Gasteiger partial charge on any atom is 0.327 e. The molecule has 1 unspecified atom stereocenters. The summed E-state index contributed by atoms with van der Waals surface area (Å²) in [6.45, 7) is 8.14. The van der Waals surface area contributed by atoms with Gasteiger partial charge in [-0.2, -0.15) is 5.10 Å². The molecule has 1 aromatic heterocycles. The first-order valence-corrected chi connectivity index (χ1v) is 6.91. The monoisotopic (exact) mass is 281 g/mol. The van der Waals surface area contributed by atoms with Crippen LogP contribution in [-0.2, 0) is 20.8 Å². The number of rotatable bonds is 4. The minimum Gasteiger partial charge on any atom is -0.462 e. The van der Waals surface area contributed by atoms with Gasteiger partial charge in [0.25, 0.3) is 0 Å². The molecule has 0 aromatic carbocycles. The Morgan fingerprint density at radius 2 is 2.25 bits per heavy atom. The number of hydrogen-bond donors (Lipinski definition) is 1. The summed E-state index contributed by atoms with van der Waals surface area (Å²) < 4.78 is 12.6. The van der Waals surface area contributed by atoms with Crippen LogP contribution in [0.4, 0.5) is 5.69 Å². The second-order valence-corrected chi connectivity index (χ2v) is 5.96. The van der Waals surface area contributed by atoms with Gasteiger partial charge < -0.3 is 15.2 Å². The highest BCUT2D eigenvalue weighted by Gasteiger charge is 2.32. The average molecular weight is 281 g/mol. The number of hydrogen-bond acceptors (Lipinski definition) is 5. The van der Waals surface area contributed by atoms with Gasteiger partial charge in [-0.25, -0.2) is 0 Å². The largest absolute Gasteiger partial charge is 0.462 e. The van der Waals surface area contributed by atoms with Gasteiger partial charge in [0.2, 0.25) is 0 Å². The summed E-state index contributed by atoms with van der Waals surface area (Å²) in [6.07, 6.45) is 1.91. The number of nitrogen functional groups attached to an aromatic ring is 1. The van der Waals surface area contributed by atoms with E-state index in [9.17, 15) is 4.79 Å². The molecule has 1 aliphatic heterocycles. The Morgan fingerprint density at radius 3 is 2.75 bits per heavy atom. The van der Waals surface area contributed by atoms with Crippen molar-refractivity contribution < 1.29 is 14.3 Å². The van der Waals surface area contributed by atoms with Crippen molar-refractivity contribution in [3.8, 4) is 0 Å². The molecule has 0 amide bonds. The zero-order valence-corrected chi connectivity index (χ0v) is 12.6. The SMILES string of the molecule is Cc1nn(CC(=O)OCC2CCC(C)(C)O2)c(C)c1N. The summed E-state index contributed by atoms with van der Waals surface area (Å²) in [4.78, 5) is 11.8. The topological polar surface area (TPSA) is 79.4 Å². The van der Waals surface area contributed by atoms with Gasteiger partial charge >= 0.3 is 5.97 Å². The third-order valence-corrected chi connectivity index (χ3v) is 3.70. The molecule has 0 spiro atoms. The number of carbonyl (C=O) groups is 1. The first kappa shape index (κ1) is 14.8. The first-order chi connectivity index (χ1) is 9.28. The molecule has 2 heterocycles. The number of aromatic nitrogens is 2. The van der Waals surface area contributed by atoms with Crippen LogP contribution in [0.2, 0.25) is 0 Å². The highest BCUT2D eigenvalue weighted by atomic mass is 16.6. The lowest BCUT2D eigenvalue weighted by Gasteiger charge is -2.19. The molecule has 0 radical (unpaired) electrons. The van der Waals surface area contributed by atoms with Gasteiger partial charge in [-0.3, -0.25) is 9.48 Å². The second-order valence-electron chi connectivity index (χ2n) is 5.96. The summed E-state index contributed by atoms with van der Waals surface area (Å²) >= 11 is 0. The molecule has 2 rings (SSSR count). The summed E-state index contributed by atoms with van der Waals surface area (Å²) in [7, 11) is 0. The number of anilines is 1. The standard InChI is InChI=1S/C14H23N3O3/c1-9-13(15)10(2)17(16-9)7-12(18)19-8-11-5-6-14(3,4)20-11/h11H,5-8,15H2,1-4H3. The third kappa shape index (κ3) is 3.30. The van der Waals surface area contributed by atoms with E-state index < -0.39 is 0 Å². The molecule has 0 aliphatic carbocycles. The molecule has 1 atom stereocenters. The Bertz CT molecular complexity index is 508. The van der Waals surface area contributed by atoms with E-state index in [0.29, 0.717) is 12.3 Å². The van der Waals surface area contributed by atoms with E-state index in [2.05, 4.69) is 5.10 Å². The summed E-state index contributed by atoms with van der Waals surface area (Å²) in [5, 5.41) is 4.21. The second kappa shape index (κ2) is 5.44. The number of carbonyl (C=O) groups excluding carboxylic acids is 1. The van der Waals surface area contributed by atoms with Gasteiger partial charge in [0.05, 0.1) is 28.8 Å². The van der Waals surface area contributed by atoms with Crippen LogP contribution in [0, 0.1) is 13.8 Å². The Hall–Kier alpha value is -1.56. The van der Waals surface area contributed by atoms with E-state index in [4.69, 9.17) is 15.2 Å². The number of ether oxygens (including phenoxy) is 2. The van der Waals surface area contributed by atoms with Gasteiger partial charge in [-0.1, -0.05) is 0 Å². The Kier molecular flexibility index (Phi) is 4.04. The normalized spacial score (nSPS) is 21.1. The average Bonchev–Trinajstić information content (AvgIpc) is 2.83. The van der Waals surface area contributed by atoms with Crippen molar-refractivity contribution in [2.75, 3.05) is 12.3 Å². The molecule has 1 saturated heterocycles. The van der Waals surface area contributed by atoms with Gasteiger partial charge in [0, 0.05) is 0 Å². The highest BCUT2D eigenvalue weighted by Crippen LogP contribution is 2.29. The molecule has 0 saturated carbocycles. The molecule has 6 nitrogen and oxygen atoms in total. The number of aryl methyl sites for hydroxylation is 1. The van der Waals surface area contributed by atoms with Crippen molar-refractivity contribution in [2.24, 2.45) is 0 Å². The Labute approximate surface area is 119 Å². The van der Waals surface area contributed by atoms with E-state index in [1.54, 1.807) is 4.68 Å². The van der Waals surface area contributed by atoms with E-state index in [-0.39, 0.29) is 24.2 Å². The molecule has 1 fully saturated rings. The van der Waals surface area contributed by atoms with E-state index in [0.717, 1.165) is 24.2 Å². The van der Waals surface area contributed by atoms with E-state index in [1.165, 1.54) is 0 Å². The molecule has 1 aliphatic rings. The van der Waals surface area contributed by atoms with Crippen molar-refractivity contribution in [3.05, 3.63) is 11.4 Å². The van der Waals surface area contributed by atoms with Crippen molar-refractivity contribution in [2.45, 2.75) is 58.8 Å². The van der Waals surface area contributed by atoms with E-state index >= 15 is 0 Å². The van der Waals surface area contributed by atoms with Gasteiger partial charge in [-0.15, -0.1) is 0 Å². The molecule has 20 heavy (non-hydrogen) atoms. The quantitative estimate of drug-likeness (QED) is 0.848. The van der Waals surface area contributed by atoms with Crippen molar-refractivity contribution >= 4 is 11.7 Å². The molecule has 112 valence electrons. The zero-order chi connectivity index (χ0) is 14.9. The van der Waals surface area contributed by atoms with Crippen LogP contribution in [0.3, 0.4) is 0 Å². The lowest BCUT2D eigenvalue weighted by Crippen LogP contribution is -2.25. The number of nitrogens with two attached hydrogens (primary N) is 1. The van der Waals surface area contributed by atoms with Crippen molar-refractivity contribution in [3.63, 3.8) is 0 Å². The van der Waals surface area contributed by atoms with Gasteiger partial charge in [0.15, 0.2) is 0 Å². The third-order valence-electron chi connectivity index (χ3n) is 3.70. The van der Waals surface area contributed by atoms with Crippen LogP contribution in [-0.4, -0.2) is 34.1 Å². The fraction of sp³-hybridized carbons (Fsp3) is 0.714. The van der Waals surface area contributed by atoms with Crippen LogP contribution in [0.25, 0.3) is 0 Å². The first-order valence-electron chi connectivity index (χ1n) is 6.91. The molecule has 0 bridgehead atoms. The smallest absolute Gasteiger partial charge is 0.327 e. The van der Waals surface area contributed by atoms with Gasteiger partial charge in [-0.05, 0) is 40.5 Å². The number of nitrogens with zero attached hydrogens (tertiary/aromatic N) is 2. The maximum atomic E-state index is 11.8. The van der Waals surface area contributed by atoms with Crippen molar-refractivity contribution in [1.29, 1.82) is 0 Å². The Morgan fingerprint density at radius 1 is 1.55 bits per heavy atom. The minimum atomic E-state index is -0.316. The Balaban J connectivity index is 1.83. The van der Waals surface area contributed by atoms with Crippen LogP contribution < -0.4 is 5.73 Å². The molecular formula is C14H23N3O3. The fourth-order valence-corrected chi connectivity index (χ4v) is 2.41. The maximum absolute atomic E-state index is 11.8. The molecule has 2 N–H and O–H groups in total. The van der Waals surface area contributed by atoms with Crippen molar-refractivity contribution in [1.82, 2.24) is 9.78 Å². The lowest BCUT2D eigenvalue weighted by atomic mass is 10.1. The molecular weight excluding hydrogens is 258 g/mol. The zero-order valence-electron chi connectivity index (χ0n) is 12.6. The molecule has 6 heteroatoms. The fourth-order valence-electron chi connectivity index (χ4n) is 2.41. The number of esters is 1. The summed E-state index contributed by atoms with van der Waals surface area (Å²) in [6, 6.07) is 0. The highest BCUT2D eigenvalue weighted by molar-refractivity contribution is 5.69. The summed E-state index contributed by atoms with van der Waals surface area (Å²) in [5.41, 5.74) is 7.86.